The van der Waals surface area contributed by atoms with Crippen LogP contribution in [0.15, 0.2) is 42.5 Å². The standard InChI is InChI=1S/C16H13F3N2O5/c1-25-13-7-6-10(16(17,18)19)8-11(13)20-15(22)9-26-14-5-3-2-4-12(14)21(23)24/h2-8H,9H2,1H3,(H,20,22). The molecule has 1 amide bonds. The van der Waals surface area contributed by atoms with E-state index in [1.807, 2.05) is 0 Å². The van der Waals surface area contributed by atoms with Gasteiger partial charge in [0.15, 0.2) is 12.4 Å². The maximum absolute atomic E-state index is 12.8. The highest BCUT2D eigenvalue weighted by Gasteiger charge is 2.31. The van der Waals surface area contributed by atoms with E-state index in [4.69, 9.17) is 9.47 Å². The zero-order valence-electron chi connectivity index (χ0n) is 13.4. The molecule has 0 bridgehead atoms. The fourth-order valence-electron chi connectivity index (χ4n) is 2.04. The normalized spacial score (nSPS) is 10.9. The molecule has 0 unspecified atom stereocenters. The number of halogens is 3. The van der Waals surface area contributed by atoms with Crippen LogP contribution in [0.4, 0.5) is 24.5 Å². The van der Waals surface area contributed by atoms with Gasteiger partial charge in [-0.1, -0.05) is 12.1 Å². The highest BCUT2D eigenvalue weighted by Crippen LogP contribution is 2.35. The van der Waals surface area contributed by atoms with Crippen molar-refractivity contribution >= 4 is 17.3 Å². The largest absolute Gasteiger partial charge is 0.495 e. The minimum Gasteiger partial charge on any atom is -0.495 e. The van der Waals surface area contributed by atoms with E-state index in [-0.39, 0.29) is 22.9 Å². The van der Waals surface area contributed by atoms with Crippen LogP contribution in [0.25, 0.3) is 0 Å². The second-order valence-electron chi connectivity index (χ2n) is 4.97. The molecular formula is C16H13F3N2O5. The first-order valence-electron chi connectivity index (χ1n) is 7.13. The zero-order valence-corrected chi connectivity index (χ0v) is 13.4. The van der Waals surface area contributed by atoms with Gasteiger partial charge in [-0.05, 0) is 24.3 Å². The van der Waals surface area contributed by atoms with Crippen LogP contribution in [0.2, 0.25) is 0 Å². The van der Waals surface area contributed by atoms with E-state index in [1.54, 1.807) is 0 Å². The molecule has 138 valence electrons. The van der Waals surface area contributed by atoms with Crippen molar-refractivity contribution in [3.05, 3.63) is 58.1 Å². The van der Waals surface area contributed by atoms with Gasteiger partial charge in [0.1, 0.15) is 5.75 Å². The average Bonchev–Trinajstić information content (AvgIpc) is 2.59. The first-order valence-corrected chi connectivity index (χ1v) is 7.13. The van der Waals surface area contributed by atoms with Crippen molar-refractivity contribution in [3.8, 4) is 11.5 Å². The third-order valence-corrected chi connectivity index (χ3v) is 3.22. The minimum atomic E-state index is -4.59. The number of carbonyl (C=O) groups excluding carboxylic acids is 1. The third kappa shape index (κ3) is 4.62. The van der Waals surface area contributed by atoms with Crippen molar-refractivity contribution in [3.63, 3.8) is 0 Å². The number of amides is 1. The highest BCUT2D eigenvalue weighted by atomic mass is 19.4. The van der Waals surface area contributed by atoms with E-state index < -0.39 is 29.2 Å². The number of hydrogen-bond acceptors (Lipinski definition) is 5. The van der Waals surface area contributed by atoms with Crippen LogP contribution in [0.5, 0.6) is 11.5 Å². The van der Waals surface area contributed by atoms with Crippen molar-refractivity contribution in [2.45, 2.75) is 6.18 Å². The SMILES string of the molecule is COc1ccc(C(F)(F)F)cc1NC(=O)COc1ccccc1[N+](=O)[O-]. The Labute approximate surface area is 145 Å². The van der Waals surface area contributed by atoms with Gasteiger partial charge in [0.05, 0.1) is 23.3 Å². The molecule has 2 rings (SSSR count). The molecule has 26 heavy (non-hydrogen) atoms. The summed E-state index contributed by atoms with van der Waals surface area (Å²) in [4.78, 5) is 22.2. The van der Waals surface area contributed by atoms with Gasteiger partial charge in [0.2, 0.25) is 0 Å². The summed E-state index contributed by atoms with van der Waals surface area (Å²) in [7, 11) is 1.24. The maximum atomic E-state index is 12.8. The second-order valence-corrected chi connectivity index (χ2v) is 4.97. The molecule has 0 aliphatic heterocycles. The average molecular weight is 370 g/mol. The number of nitro groups is 1. The molecule has 0 spiro atoms. The Morgan fingerprint density at radius 2 is 1.88 bits per heavy atom. The number of para-hydroxylation sites is 2. The van der Waals surface area contributed by atoms with E-state index in [2.05, 4.69) is 5.32 Å². The summed E-state index contributed by atoms with van der Waals surface area (Å²) in [6, 6.07) is 8.02. The predicted molar refractivity (Wildman–Crippen MR) is 85.2 cm³/mol. The highest BCUT2D eigenvalue weighted by molar-refractivity contribution is 5.93. The number of anilines is 1. The first-order chi connectivity index (χ1) is 12.2. The fraction of sp³-hybridized carbons (Fsp3) is 0.188. The molecular weight excluding hydrogens is 357 g/mol. The van der Waals surface area contributed by atoms with E-state index in [1.165, 1.54) is 31.4 Å². The number of benzene rings is 2. The lowest BCUT2D eigenvalue weighted by Crippen LogP contribution is -2.21. The zero-order chi connectivity index (χ0) is 19.3. The smallest absolute Gasteiger partial charge is 0.416 e. The van der Waals surface area contributed by atoms with Crippen molar-refractivity contribution in [1.82, 2.24) is 0 Å². The molecule has 0 aromatic heterocycles. The van der Waals surface area contributed by atoms with Crippen LogP contribution < -0.4 is 14.8 Å². The third-order valence-electron chi connectivity index (χ3n) is 3.22. The summed E-state index contributed by atoms with van der Waals surface area (Å²) in [5.74, 6) is -0.915. The lowest BCUT2D eigenvalue weighted by molar-refractivity contribution is -0.385. The predicted octanol–water partition coefficient (Wildman–Crippen LogP) is 3.64. The molecule has 2 aromatic rings. The van der Waals surface area contributed by atoms with E-state index in [0.717, 1.165) is 18.2 Å². The number of hydrogen-bond donors (Lipinski definition) is 1. The molecule has 0 fully saturated rings. The monoisotopic (exact) mass is 370 g/mol. The summed E-state index contributed by atoms with van der Waals surface area (Å²) in [6.45, 7) is -0.635. The Morgan fingerprint density at radius 3 is 2.50 bits per heavy atom. The Balaban J connectivity index is 2.12. The Hall–Kier alpha value is -3.30. The summed E-state index contributed by atoms with van der Waals surface area (Å²) in [6.07, 6.45) is -4.59. The van der Waals surface area contributed by atoms with Gasteiger partial charge in [-0.2, -0.15) is 13.2 Å². The summed E-state index contributed by atoms with van der Waals surface area (Å²) in [5, 5.41) is 13.1. The number of alkyl halides is 3. The summed E-state index contributed by atoms with van der Waals surface area (Å²) >= 11 is 0. The van der Waals surface area contributed by atoms with E-state index >= 15 is 0 Å². The summed E-state index contributed by atoms with van der Waals surface area (Å²) < 4.78 is 48.4. The summed E-state index contributed by atoms with van der Waals surface area (Å²) in [5.41, 5.74) is -1.50. The molecule has 0 atom stereocenters. The number of nitrogens with zero attached hydrogens (tertiary/aromatic N) is 1. The Bertz CT molecular complexity index is 824. The lowest BCUT2D eigenvalue weighted by Gasteiger charge is -2.14. The molecule has 0 heterocycles. The Kier molecular flexibility index (Phi) is 5.65. The molecule has 1 N–H and O–H groups in total. The van der Waals surface area contributed by atoms with Crippen LogP contribution in [0.1, 0.15) is 5.56 Å². The topological polar surface area (TPSA) is 90.7 Å². The first kappa shape index (κ1) is 19.0. The molecule has 0 saturated carbocycles. The molecule has 7 nitrogen and oxygen atoms in total. The number of nitrogens with one attached hydrogen (secondary N) is 1. The lowest BCUT2D eigenvalue weighted by atomic mass is 10.1. The van der Waals surface area contributed by atoms with E-state index in [9.17, 15) is 28.1 Å². The van der Waals surface area contributed by atoms with Crippen molar-refractivity contribution < 1.29 is 32.4 Å². The van der Waals surface area contributed by atoms with Gasteiger partial charge in [-0.15, -0.1) is 0 Å². The molecule has 10 heteroatoms. The van der Waals surface area contributed by atoms with Crippen LogP contribution in [0, 0.1) is 10.1 Å². The quantitative estimate of drug-likeness (QED) is 0.619. The molecule has 2 aromatic carbocycles. The molecule has 0 saturated heterocycles. The van der Waals surface area contributed by atoms with E-state index in [0.29, 0.717) is 0 Å². The number of nitro benzene ring substituents is 1. The number of ether oxygens (including phenoxy) is 2. The van der Waals surface area contributed by atoms with Gasteiger partial charge in [0, 0.05) is 6.07 Å². The van der Waals surface area contributed by atoms with Crippen LogP contribution in [0.3, 0.4) is 0 Å². The van der Waals surface area contributed by atoms with Crippen molar-refractivity contribution in [2.24, 2.45) is 0 Å². The number of rotatable bonds is 6. The fourth-order valence-corrected chi connectivity index (χ4v) is 2.04. The van der Waals surface area contributed by atoms with Crippen molar-refractivity contribution in [2.75, 3.05) is 19.0 Å². The van der Waals surface area contributed by atoms with Crippen LogP contribution in [-0.2, 0) is 11.0 Å². The van der Waals surface area contributed by atoms with Gasteiger partial charge >= 0.3 is 11.9 Å². The number of methoxy groups -OCH3 is 1. The molecule has 0 radical (unpaired) electrons. The van der Waals surface area contributed by atoms with Crippen molar-refractivity contribution in [1.29, 1.82) is 0 Å². The van der Waals surface area contributed by atoms with Crippen LogP contribution >= 0.6 is 0 Å². The molecule has 0 aliphatic carbocycles. The van der Waals surface area contributed by atoms with Gasteiger partial charge in [-0.3, -0.25) is 14.9 Å². The van der Waals surface area contributed by atoms with Gasteiger partial charge < -0.3 is 14.8 Å². The number of carbonyl (C=O) groups is 1. The Morgan fingerprint density at radius 1 is 1.19 bits per heavy atom. The molecule has 0 aliphatic rings. The van der Waals surface area contributed by atoms with Gasteiger partial charge in [-0.25, -0.2) is 0 Å². The maximum Gasteiger partial charge on any atom is 0.416 e. The second kappa shape index (κ2) is 7.72. The minimum absolute atomic E-state index is 0.0250. The van der Waals surface area contributed by atoms with Gasteiger partial charge in [0.25, 0.3) is 5.91 Å². The van der Waals surface area contributed by atoms with Crippen LogP contribution in [-0.4, -0.2) is 24.5 Å².